The highest BCUT2D eigenvalue weighted by atomic mass is 16.7. The minimum atomic E-state index is -0.635. The largest absolute Gasteiger partial charge is 0.344 e. The SMILES string of the molecule is Cc1ccc(C2(C)OCC(N)CO2)cc1. The standard InChI is InChI=1S/C12H17NO2/c1-9-3-5-10(6-4-9)12(2)14-7-11(13)8-15-12/h3-6,11H,7-8,13H2,1-2H3. The van der Waals surface area contributed by atoms with E-state index in [0.29, 0.717) is 13.2 Å². The fourth-order valence-corrected chi connectivity index (χ4v) is 1.64. The molecule has 1 aromatic rings. The molecule has 15 heavy (non-hydrogen) atoms. The molecule has 0 aromatic heterocycles. The van der Waals surface area contributed by atoms with Crippen LogP contribution in [0.4, 0.5) is 0 Å². The van der Waals surface area contributed by atoms with E-state index in [9.17, 15) is 0 Å². The predicted octanol–water partition coefficient (Wildman–Crippen LogP) is 1.54. The number of rotatable bonds is 1. The highest BCUT2D eigenvalue weighted by Gasteiger charge is 2.33. The molecule has 0 bridgehead atoms. The van der Waals surface area contributed by atoms with Gasteiger partial charge in [-0.25, -0.2) is 0 Å². The molecule has 0 unspecified atom stereocenters. The third-order valence-electron chi connectivity index (χ3n) is 2.72. The maximum Gasteiger partial charge on any atom is 0.192 e. The molecule has 0 radical (unpaired) electrons. The monoisotopic (exact) mass is 207 g/mol. The van der Waals surface area contributed by atoms with Crippen molar-refractivity contribution < 1.29 is 9.47 Å². The van der Waals surface area contributed by atoms with Crippen LogP contribution >= 0.6 is 0 Å². The van der Waals surface area contributed by atoms with Gasteiger partial charge in [-0.1, -0.05) is 29.8 Å². The first-order valence-electron chi connectivity index (χ1n) is 5.21. The van der Waals surface area contributed by atoms with Gasteiger partial charge in [-0.15, -0.1) is 0 Å². The molecule has 1 fully saturated rings. The fourth-order valence-electron chi connectivity index (χ4n) is 1.64. The molecular formula is C12H17NO2. The zero-order valence-corrected chi connectivity index (χ0v) is 9.19. The fraction of sp³-hybridized carbons (Fsp3) is 0.500. The lowest BCUT2D eigenvalue weighted by Crippen LogP contribution is -2.46. The van der Waals surface area contributed by atoms with Crippen molar-refractivity contribution in [3.05, 3.63) is 35.4 Å². The van der Waals surface area contributed by atoms with Gasteiger partial charge in [0, 0.05) is 5.56 Å². The van der Waals surface area contributed by atoms with Crippen molar-refractivity contribution in [1.29, 1.82) is 0 Å². The highest BCUT2D eigenvalue weighted by molar-refractivity contribution is 5.24. The summed E-state index contributed by atoms with van der Waals surface area (Å²) in [6.07, 6.45) is 0. The van der Waals surface area contributed by atoms with Gasteiger partial charge in [0.25, 0.3) is 0 Å². The number of nitrogens with two attached hydrogens (primary N) is 1. The topological polar surface area (TPSA) is 44.5 Å². The Hall–Kier alpha value is -0.900. The highest BCUT2D eigenvalue weighted by Crippen LogP contribution is 2.29. The lowest BCUT2D eigenvalue weighted by atomic mass is 10.0. The molecule has 2 rings (SSSR count). The first-order valence-corrected chi connectivity index (χ1v) is 5.21. The van der Waals surface area contributed by atoms with E-state index < -0.39 is 5.79 Å². The van der Waals surface area contributed by atoms with Gasteiger partial charge in [-0.05, 0) is 13.8 Å². The van der Waals surface area contributed by atoms with E-state index >= 15 is 0 Å². The van der Waals surface area contributed by atoms with E-state index in [1.807, 2.05) is 19.1 Å². The summed E-state index contributed by atoms with van der Waals surface area (Å²) in [6, 6.07) is 8.17. The first-order chi connectivity index (χ1) is 7.10. The van der Waals surface area contributed by atoms with Gasteiger partial charge in [0.2, 0.25) is 0 Å². The van der Waals surface area contributed by atoms with Crippen LogP contribution in [0.3, 0.4) is 0 Å². The summed E-state index contributed by atoms with van der Waals surface area (Å²) in [5.41, 5.74) is 7.98. The summed E-state index contributed by atoms with van der Waals surface area (Å²) in [6.45, 7) is 5.09. The maximum atomic E-state index is 5.71. The van der Waals surface area contributed by atoms with Crippen LogP contribution in [0.15, 0.2) is 24.3 Å². The van der Waals surface area contributed by atoms with Gasteiger partial charge < -0.3 is 15.2 Å². The normalized spacial score (nSPS) is 31.5. The van der Waals surface area contributed by atoms with Crippen LogP contribution in [0, 0.1) is 6.92 Å². The van der Waals surface area contributed by atoms with Crippen LogP contribution in [-0.4, -0.2) is 19.3 Å². The van der Waals surface area contributed by atoms with Gasteiger partial charge >= 0.3 is 0 Å². The average Bonchev–Trinajstić information content (AvgIpc) is 2.24. The first kappa shape index (κ1) is 10.6. The maximum absolute atomic E-state index is 5.71. The molecule has 0 spiro atoms. The molecule has 1 aliphatic heterocycles. The van der Waals surface area contributed by atoms with E-state index in [0.717, 1.165) is 5.56 Å². The van der Waals surface area contributed by atoms with Crippen LogP contribution in [-0.2, 0) is 15.3 Å². The van der Waals surface area contributed by atoms with Gasteiger partial charge in [0.05, 0.1) is 19.3 Å². The Balaban J connectivity index is 2.18. The summed E-state index contributed by atoms with van der Waals surface area (Å²) < 4.78 is 11.3. The Bertz CT molecular complexity index is 326. The molecule has 3 nitrogen and oxygen atoms in total. The zero-order chi connectivity index (χ0) is 10.9. The predicted molar refractivity (Wildman–Crippen MR) is 58.4 cm³/mol. The van der Waals surface area contributed by atoms with Crippen LogP contribution in [0.2, 0.25) is 0 Å². The molecule has 0 amide bonds. The van der Waals surface area contributed by atoms with Crippen molar-refractivity contribution in [2.45, 2.75) is 25.7 Å². The minimum absolute atomic E-state index is 0.0106. The molecule has 3 heteroatoms. The van der Waals surface area contributed by atoms with Crippen molar-refractivity contribution >= 4 is 0 Å². The van der Waals surface area contributed by atoms with E-state index in [2.05, 4.69) is 19.1 Å². The van der Waals surface area contributed by atoms with Crippen molar-refractivity contribution in [2.24, 2.45) is 5.73 Å². The van der Waals surface area contributed by atoms with E-state index in [1.165, 1.54) is 5.56 Å². The molecular weight excluding hydrogens is 190 g/mol. The second-order valence-electron chi connectivity index (χ2n) is 4.19. The Morgan fingerprint density at radius 1 is 1.20 bits per heavy atom. The van der Waals surface area contributed by atoms with Crippen LogP contribution < -0.4 is 5.73 Å². The van der Waals surface area contributed by atoms with E-state index in [1.54, 1.807) is 0 Å². The lowest BCUT2D eigenvalue weighted by Gasteiger charge is -2.36. The van der Waals surface area contributed by atoms with Crippen LogP contribution in [0.1, 0.15) is 18.1 Å². The van der Waals surface area contributed by atoms with E-state index in [4.69, 9.17) is 15.2 Å². The van der Waals surface area contributed by atoms with Crippen LogP contribution in [0.25, 0.3) is 0 Å². The quantitative estimate of drug-likeness (QED) is 0.759. The molecule has 1 aliphatic rings. The molecule has 0 atom stereocenters. The molecule has 1 saturated heterocycles. The minimum Gasteiger partial charge on any atom is -0.344 e. The summed E-state index contributed by atoms with van der Waals surface area (Å²) in [5.74, 6) is -0.635. The number of benzene rings is 1. The number of aryl methyl sites for hydroxylation is 1. The molecule has 1 aromatic carbocycles. The van der Waals surface area contributed by atoms with Gasteiger partial charge in [0.1, 0.15) is 0 Å². The zero-order valence-electron chi connectivity index (χ0n) is 9.19. The Labute approximate surface area is 90.2 Å². The van der Waals surface area contributed by atoms with E-state index in [-0.39, 0.29) is 6.04 Å². The second-order valence-corrected chi connectivity index (χ2v) is 4.19. The molecule has 2 N–H and O–H groups in total. The Kier molecular flexibility index (Phi) is 2.78. The third kappa shape index (κ3) is 2.20. The number of ether oxygens (including phenoxy) is 2. The van der Waals surface area contributed by atoms with Gasteiger partial charge in [-0.3, -0.25) is 0 Å². The van der Waals surface area contributed by atoms with Crippen LogP contribution in [0.5, 0.6) is 0 Å². The lowest BCUT2D eigenvalue weighted by molar-refractivity contribution is -0.270. The summed E-state index contributed by atoms with van der Waals surface area (Å²) in [5, 5.41) is 0. The molecule has 1 heterocycles. The molecule has 0 aliphatic carbocycles. The number of hydrogen-bond acceptors (Lipinski definition) is 3. The second kappa shape index (κ2) is 3.93. The summed E-state index contributed by atoms with van der Waals surface area (Å²) >= 11 is 0. The van der Waals surface area contributed by atoms with Crippen molar-refractivity contribution in [3.63, 3.8) is 0 Å². The van der Waals surface area contributed by atoms with Gasteiger partial charge in [-0.2, -0.15) is 0 Å². The Morgan fingerprint density at radius 2 is 1.73 bits per heavy atom. The number of hydrogen-bond donors (Lipinski definition) is 1. The molecule has 82 valence electrons. The third-order valence-corrected chi connectivity index (χ3v) is 2.72. The summed E-state index contributed by atoms with van der Waals surface area (Å²) in [7, 11) is 0. The van der Waals surface area contributed by atoms with Crippen molar-refractivity contribution in [1.82, 2.24) is 0 Å². The Morgan fingerprint density at radius 3 is 2.27 bits per heavy atom. The average molecular weight is 207 g/mol. The summed E-state index contributed by atoms with van der Waals surface area (Å²) in [4.78, 5) is 0. The smallest absolute Gasteiger partial charge is 0.192 e. The molecule has 0 saturated carbocycles. The van der Waals surface area contributed by atoms with Crippen molar-refractivity contribution in [3.8, 4) is 0 Å². The van der Waals surface area contributed by atoms with Gasteiger partial charge in [0.15, 0.2) is 5.79 Å². The van der Waals surface area contributed by atoms with Crippen molar-refractivity contribution in [2.75, 3.05) is 13.2 Å².